The summed E-state index contributed by atoms with van der Waals surface area (Å²) in [5, 5.41) is 6.45. The van der Waals surface area contributed by atoms with Crippen molar-refractivity contribution in [3.8, 4) is 50.6 Å². The normalized spacial score (nSPS) is 18.2. The van der Waals surface area contributed by atoms with Crippen molar-refractivity contribution < 1.29 is 33.4 Å². The second-order valence-electron chi connectivity index (χ2n) is 19.2. The summed E-state index contributed by atoms with van der Waals surface area (Å²) in [4.78, 5) is 76.8. The molecule has 3 aliphatic heterocycles. The van der Waals surface area contributed by atoms with Gasteiger partial charge in [-0.05, 0) is 91.1 Å². The number of likely N-dealkylation sites (tertiary alicyclic amines) is 2. The standard InChI is InChI=1S/C54H58N10O7/c1-30(2)46(60-53(67)69-5)50(65)62-21-9-14-42(62)48-56-28-39(58-48)33-17-19-41-37(24-33)25-44-38-18-16-34(26-45(38)71-52(64(41)44)35-12-7-11-32(23-35)36-13-8-20-55-27-36)40-29-57-49(59-40)43-15-10-22-63(43)51(66)47(31(3)4)61-54(68)70-6/h7-8,11-13,16-20,23-31,42-43,46-47,52H,9-10,14-15,21-22H2,1-6H3,(H,56,58)(H,57,59)(H,60,67)(H,61,68)/t42-,43-,46-,47-,52?/m0/s1. The molecule has 7 aromatic rings. The Hall–Kier alpha value is -7.95. The lowest BCUT2D eigenvalue weighted by Crippen LogP contribution is -2.51. The highest BCUT2D eigenvalue weighted by molar-refractivity contribution is 5.93. The number of methoxy groups -OCH3 is 2. The average molecular weight is 959 g/mol. The van der Waals surface area contributed by atoms with Crippen molar-refractivity contribution in [2.45, 2.75) is 83.8 Å². The number of nitrogens with zero attached hydrogens (tertiary/aromatic N) is 6. The van der Waals surface area contributed by atoms with Crippen molar-refractivity contribution in [1.82, 2.24) is 49.9 Å². The fraction of sp³-hybridized carbons (Fsp3) is 0.352. The number of hydrogen-bond acceptors (Lipinski definition) is 10. The molecule has 2 saturated heterocycles. The van der Waals surface area contributed by atoms with Crippen LogP contribution in [0.1, 0.15) is 88.9 Å². The van der Waals surface area contributed by atoms with Gasteiger partial charge >= 0.3 is 12.2 Å². The molecule has 7 heterocycles. The van der Waals surface area contributed by atoms with Crippen molar-refractivity contribution in [1.29, 1.82) is 0 Å². The number of aromatic amines is 2. The van der Waals surface area contributed by atoms with E-state index < -0.39 is 30.5 Å². The molecule has 71 heavy (non-hydrogen) atoms. The highest BCUT2D eigenvalue weighted by atomic mass is 16.5. The number of rotatable bonds is 12. The van der Waals surface area contributed by atoms with E-state index in [2.05, 4.69) is 84.7 Å². The minimum absolute atomic E-state index is 0.139. The molecule has 0 aliphatic carbocycles. The first kappa shape index (κ1) is 46.8. The Balaban J connectivity index is 0.978. The van der Waals surface area contributed by atoms with E-state index in [1.54, 1.807) is 12.4 Å². The van der Waals surface area contributed by atoms with Gasteiger partial charge in [-0.1, -0.05) is 64.1 Å². The summed E-state index contributed by atoms with van der Waals surface area (Å²) < 4.78 is 19.0. The molecule has 1 unspecified atom stereocenters. The van der Waals surface area contributed by atoms with Crippen molar-refractivity contribution in [2.24, 2.45) is 11.8 Å². The molecule has 366 valence electrons. The zero-order valence-corrected chi connectivity index (χ0v) is 40.6. The number of carbonyl (C=O) groups is 4. The van der Waals surface area contributed by atoms with Gasteiger partial charge in [0, 0.05) is 53.1 Å². The maximum absolute atomic E-state index is 13.9. The lowest BCUT2D eigenvalue weighted by molar-refractivity contribution is -0.136. The molecule has 4 amide bonds. The van der Waals surface area contributed by atoms with Gasteiger partial charge in [0.1, 0.15) is 29.5 Å². The molecular weight excluding hydrogens is 901 g/mol. The van der Waals surface area contributed by atoms with Crippen LogP contribution in [-0.2, 0) is 19.1 Å². The zero-order chi connectivity index (χ0) is 49.5. The lowest BCUT2D eigenvalue weighted by Gasteiger charge is -2.31. The number of carbonyl (C=O) groups excluding carboxylic acids is 4. The molecule has 0 radical (unpaired) electrons. The number of amides is 4. The van der Waals surface area contributed by atoms with Crippen LogP contribution < -0.4 is 15.4 Å². The molecule has 3 aliphatic rings. The summed E-state index contributed by atoms with van der Waals surface area (Å²) in [6, 6.07) is 25.1. The Bertz CT molecular complexity index is 3120. The summed E-state index contributed by atoms with van der Waals surface area (Å²) >= 11 is 0. The molecule has 5 atom stereocenters. The van der Waals surface area contributed by atoms with Crippen LogP contribution in [0.3, 0.4) is 0 Å². The molecule has 2 fully saturated rings. The highest BCUT2D eigenvalue weighted by Gasteiger charge is 2.39. The van der Waals surface area contributed by atoms with E-state index >= 15 is 0 Å². The molecule has 17 heteroatoms. The van der Waals surface area contributed by atoms with Gasteiger partial charge in [0.15, 0.2) is 0 Å². The zero-order valence-electron chi connectivity index (χ0n) is 40.6. The van der Waals surface area contributed by atoms with Crippen LogP contribution in [0.5, 0.6) is 5.75 Å². The largest absolute Gasteiger partial charge is 0.465 e. The molecule has 0 bridgehead atoms. The number of ether oxygens (including phenoxy) is 3. The number of pyridine rings is 1. The van der Waals surface area contributed by atoms with Crippen LogP contribution in [0, 0.1) is 11.8 Å². The minimum atomic E-state index is -0.733. The van der Waals surface area contributed by atoms with Gasteiger partial charge in [-0.3, -0.25) is 14.6 Å². The van der Waals surface area contributed by atoms with E-state index in [1.165, 1.54) is 14.2 Å². The first-order valence-corrected chi connectivity index (χ1v) is 24.3. The number of benzene rings is 3. The molecule has 0 saturated carbocycles. The summed E-state index contributed by atoms with van der Waals surface area (Å²) in [6.45, 7) is 8.72. The fourth-order valence-corrected chi connectivity index (χ4v) is 10.3. The number of nitrogens with one attached hydrogen (secondary N) is 4. The van der Waals surface area contributed by atoms with E-state index in [0.717, 1.165) is 87.0 Å². The Morgan fingerprint density at radius 3 is 1.85 bits per heavy atom. The van der Waals surface area contributed by atoms with Crippen molar-refractivity contribution >= 4 is 34.9 Å². The van der Waals surface area contributed by atoms with Crippen molar-refractivity contribution in [3.63, 3.8) is 0 Å². The van der Waals surface area contributed by atoms with E-state index in [0.29, 0.717) is 30.5 Å². The maximum Gasteiger partial charge on any atom is 0.407 e. The number of imidazole rings is 2. The topological polar surface area (TPSA) is 202 Å². The third kappa shape index (κ3) is 8.96. The van der Waals surface area contributed by atoms with Gasteiger partial charge in [0.25, 0.3) is 0 Å². The van der Waals surface area contributed by atoms with E-state index in [-0.39, 0.29) is 35.7 Å². The first-order chi connectivity index (χ1) is 34.4. The molecular formula is C54H58N10O7. The quantitative estimate of drug-likeness (QED) is 0.0915. The van der Waals surface area contributed by atoms with Crippen LogP contribution in [0.2, 0.25) is 0 Å². The first-order valence-electron chi connectivity index (χ1n) is 24.3. The van der Waals surface area contributed by atoms with Crippen molar-refractivity contribution in [2.75, 3.05) is 27.3 Å². The van der Waals surface area contributed by atoms with Gasteiger partial charge < -0.3 is 49.2 Å². The Morgan fingerprint density at radius 2 is 1.27 bits per heavy atom. The van der Waals surface area contributed by atoms with Gasteiger partial charge in [-0.25, -0.2) is 19.6 Å². The summed E-state index contributed by atoms with van der Waals surface area (Å²) in [5.41, 5.74) is 9.27. The third-order valence-corrected chi connectivity index (χ3v) is 14.0. The third-order valence-electron chi connectivity index (χ3n) is 14.0. The number of aromatic nitrogens is 6. The molecule has 4 aromatic heterocycles. The maximum atomic E-state index is 13.9. The molecule has 4 N–H and O–H groups in total. The number of fused-ring (bicyclic) bond motifs is 5. The predicted octanol–water partition coefficient (Wildman–Crippen LogP) is 9.18. The monoisotopic (exact) mass is 958 g/mol. The second-order valence-corrected chi connectivity index (χ2v) is 19.2. The molecule has 17 nitrogen and oxygen atoms in total. The van der Waals surface area contributed by atoms with Crippen LogP contribution in [0.25, 0.3) is 55.8 Å². The van der Waals surface area contributed by atoms with Crippen LogP contribution in [-0.4, -0.2) is 103 Å². The smallest absolute Gasteiger partial charge is 0.407 e. The van der Waals surface area contributed by atoms with Crippen LogP contribution in [0.4, 0.5) is 9.59 Å². The summed E-state index contributed by atoms with van der Waals surface area (Å²) in [5.74, 6) is 1.46. The van der Waals surface area contributed by atoms with E-state index in [1.807, 2.05) is 74.2 Å². The van der Waals surface area contributed by atoms with Crippen molar-refractivity contribution in [3.05, 3.63) is 121 Å². The lowest BCUT2D eigenvalue weighted by atomic mass is 10.0. The van der Waals surface area contributed by atoms with Gasteiger partial charge in [-0.2, -0.15) is 0 Å². The Morgan fingerprint density at radius 1 is 0.676 bits per heavy atom. The minimum Gasteiger partial charge on any atom is -0.465 e. The molecule has 10 rings (SSSR count). The molecule has 0 spiro atoms. The SMILES string of the molecule is COC(=O)N[C@H](C(=O)N1CCC[C@H]1c1ncc(-c2ccc3c(c2)OC(c2cccc(-c4cccnc4)c2)n2c-3cc3cc(-c4cnc([C@@H]5CCCN5C(=O)[C@@H](NC(=O)OC)C(C)C)[nH]4)ccc32)[nH]1)C(C)C. The van der Waals surface area contributed by atoms with Gasteiger partial charge in [-0.15, -0.1) is 0 Å². The summed E-state index contributed by atoms with van der Waals surface area (Å²) in [7, 11) is 2.58. The van der Waals surface area contributed by atoms with Gasteiger partial charge in [0.2, 0.25) is 18.0 Å². The highest BCUT2D eigenvalue weighted by Crippen LogP contribution is 2.47. The van der Waals surface area contributed by atoms with Gasteiger partial charge in [0.05, 0.1) is 61.3 Å². The molecule has 3 aromatic carbocycles. The van der Waals surface area contributed by atoms with E-state index in [4.69, 9.17) is 24.2 Å². The second kappa shape index (κ2) is 19.4. The number of hydrogen-bond donors (Lipinski definition) is 4. The van der Waals surface area contributed by atoms with E-state index in [9.17, 15) is 19.2 Å². The average Bonchev–Trinajstić information content (AvgIpc) is 4.26. The summed E-state index contributed by atoms with van der Waals surface area (Å²) in [6.07, 6.45) is 8.53. The van der Waals surface area contributed by atoms with Crippen LogP contribution >= 0.6 is 0 Å². The Kier molecular flexibility index (Phi) is 12.8. The predicted molar refractivity (Wildman–Crippen MR) is 267 cm³/mol. The fourth-order valence-electron chi connectivity index (χ4n) is 10.3. The number of alkyl carbamates (subject to hydrolysis) is 2. The van der Waals surface area contributed by atoms with Crippen LogP contribution in [0.15, 0.2) is 104 Å². The Labute approximate surface area is 411 Å². The number of H-pyrrole nitrogens is 2.